The van der Waals surface area contributed by atoms with Gasteiger partial charge in [0.05, 0.1) is 0 Å². The van der Waals surface area contributed by atoms with Crippen molar-refractivity contribution in [2.75, 3.05) is 6.61 Å². The molecule has 10 heteroatoms. The second-order valence-corrected chi connectivity index (χ2v) is 11.1. The van der Waals surface area contributed by atoms with Gasteiger partial charge in [0.2, 0.25) is 5.90 Å². The quantitative estimate of drug-likeness (QED) is 0.455. The second-order valence-electron chi connectivity index (χ2n) is 9.44. The van der Waals surface area contributed by atoms with Crippen molar-refractivity contribution < 1.29 is 27.4 Å². The van der Waals surface area contributed by atoms with Gasteiger partial charge in [0.25, 0.3) is 15.9 Å². The normalized spacial score (nSPS) is 18.9. The Morgan fingerprint density at radius 1 is 1.14 bits per heavy atom. The molecule has 2 heterocycles. The summed E-state index contributed by atoms with van der Waals surface area (Å²) in [6, 6.07) is 16.3. The third-order valence-electron chi connectivity index (χ3n) is 6.34. The Morgan fingerprint density at radius 2 is 1.84 bits per heavy atom. The van der Waals surface area contributed by atoms with Crippen LogP contribution in [-0.4, -0.2) is 42.5 Å². The largest absolute Gasteiger partial charge is 0.472 e. The molecule has 2 atom stereocenters. The standard InChI is InChI=1S/C27H28FN3O5S/c1-27(2)25(18-9-7-17(8-10-18)19-11-13-30-23(15-19)26(29)33)37(34,35)31-24(36-27)16-20(12-14-32)21-5-3-4-6-22(21)28/h3-11,13,15,20,25,32H,12,14,16H2,1-2H3,(H2,29,33)/t20-,25+/m1/s1. The summed E-state index contributed by atoms with van der Waals surface area (Å²) in [6.45, 7) is 3.14. The molecular weight excluding hydrogens is 497 g/mol. The van der Waals surface area contributed by atoms with E-state index in [1.165, 1.54) is 12.3 Å². The van der Waals surface area contributed by atoms with Gasteiger partial charge in [0.1, 0.15) is 22.4 Å². The first-order valence-corrected chi connectivity index (χ1v) is 13.3. The number of ether oxygens (including phenoxy) is 1. The van der Waals surface area contributed by atoms with E-state index in [1.807, 2.05) is 0 Å². The van der Waals surface area contributed by atoms with Crippen molar-refractivity contribution in [2.45, 2.75) is 43.5 Å². The minimum absolute atomic E-state index is 0.0182. The van der Waals surface area contributed by atoms with Gasteiger partial charge in [0.15, 0.2) is 0 Å². The first-order chi connectivity index (χ1) is 17.5. The molecule has 4 rings (SSSR count). The highest BCUT2D eigenvalue weighted by Crippen LogP contribution is 2.42. The van der Waals surface area contributed by atoms with Gasteiger partial charge in [0, 0.05) is 19.2 Å². The first kappa shape index (κ1) is 26.4. The van der Waals surface area contributed by atoms with Crippen LogP contribution in [-0.2, 0) is 14.8 Å². The molecule has 0 saturated heterocycles. The summed E-state index contributed by atoms with van der Waals surface area (Å²) in [4.78, 5) is 15.4. The lowest BCUT2D eigenvalue weighted by molar-refractivity contribution is 0.0797. The zero-order chi connectivity index (χ0) is 26.8. The van der Waals surface area contributed by atoms with Gasteiger partial charge in [-0.15, -0.1) is 4.40 Å². The molecule has 0 unspecified atom stereocenters. The molecular formula is C27H28FN3O5S. The van der Waals surface area contributed by atoms with E-state index in [2.05, 4.69) is 9.38 Å². The predicted octanol–water partition coefficient (Wildman–Crippen LogP) is 4.12. The fourth-order valence-electron chi connectivity index (χ4n) is 4.72. The number of aliphatic hydroxyl groups is 1. The van der Waals surface area contributed by atoms with Crippen molar-refractivity contribution in [2.24, 2.45) is 10.1 Å². The molecule has 8 nitrogen and oxygen atoms in total. The smallest absolute Gasteiger partial charge is 0.267 e. The summed E-state index contributed by atoms with van der Waals surface area (Å²) < 4.78 is 51.2. The lowest BCUT2D eigenvalue weighted by Gasteiger charge is -2.38. The Kier molecular flexibility index (Phi) is 7.42. The van der Waals surface area contributed by atoms with Gasteiger partial charge in [-0.3, -0.25) is 9.78 Å². The number of rotatable bonds is 8. The molecule has 2 aromatic carbocycles. The highest BCUT2D eigenvalue weighted by atomic mass is 32.2. The molecule has 0 aliphatic carbocycles. The van der Waals surface area contributed by atoms with E-state index in [0.29, 0.717) is 16.7 Å². The molecule has 3 N–H and O–H groups in total. The molecule has 194 valence electrons. The highest BCUT2D eigenvalue weighted by molar-refractivity contribution is 7.90. The summed E-state index contributed by atoms with van der Waals surface area (Å²) >= 11 is 0. The number of aliphatic hydroxyl groups excluding tert-OH is 1. The molecule has 1 aromatic heterocycles. The maximum absolute atomic E-state index is 14.4. The molecule has 0 fully saturated rings. The van der Waals surface area contributed by atoms with Gasteiger partial charge >= 0.3 is 0 Å². The lowest BCUT2D eigenvalue weighted by Crippen LogP contribution is -2.43. The number of hydrogen-bond acceptors (Lipinski definition) is 6. The number of hydrogen-bond donors (Lipinski definition) is 2. The van der Waals surface area contributed by atoms with Gasteiger partial charge in [-0.2, -0.15) is 0 Å². The van der Waals surface area contributed by atoms with Gasteiger partial charge < -0.3 is 15.6 Å². The lowest BCUT2D eigenvalue weighted by atomic mass is 9.91. The summed E-state index contributed by atoms with van der Waals surface area (Å²) in [5, 5.41) is 8.43. The zero-order valence-corrected chi connectivity index (χ0v) is 21.3. The number of amides is 1. The van der Waals surface area contributed by atoms with Crippen LogP contribution in [0.25, 0.3) is 11.1 Å². The fourth-order valence-corrected chi connectivity index (χ4v) is 6.48. The van der Waals surface area contributed by atoms with Crippen LogP contribution in [0.1, 0.15) is 59.5 Å². The van der Waals surface area contributed by atoms with Crippen LogP contribution in [0.2, 0.25) is 0 Å². The van der Waals surface area contributed by atoms with Crippen molar-refractivity contribution in [3.05, 3.63) is 89.5 Å². The number of nitrogens with two attached hydrogens (primary N) is 1. The van der Waals surface area contributed by atoms with E-state index >= 15 is 0 Å². The van der Waals surface area contributed by atoms with E-state index in [4.69, 9.17) is 10.5 Å². The van der Waals surface area contributed by atoms with Crippen LogP contribution >= 0.6 is 0 Å². The van der Waals surface area contributed by atoms with Crippen LogP contribution < -0.4 is 5.73 Å². The predicted molar refractivity (Wildman–Crippen MR) is 138 cm³/mol. The Hall–Kier alpha value is -3.63. The number of aromatic nitrogens is 1. The average molecular weight is 526 g/mol. The number of benzene rings is 2. The minimum Gasteiger partial charge on any atom is -0.472 e. The number of carbonyl (C=O) groups is 1. The zero-order valence-electron chi connectivity index (χ0n) is 20.5. The third-order valence-corrected chi connectivity index (χ3v) is 8.24. The Morgan fingerprint density at radius 3 is 2.46 bits per heavy atom. The number of halogens is 1. The molecule has 3 aromatic rings. The first-order valence-electron chi connectivity index (χ1n) is 11.7. The Balaban J connectivity index is 1.63. The van der Waals surface area contributed by atoms with Gasteiger partial charge in [-0.05, 0) is 66.6 Å². The van der Waals surface area contributed by atoms with Crippen molar-refractivity contribution in [1.29, 1.82) is 0 Å². The monoisotopic (exact) mass is 525 g/mol. The Labute approximate surface area is 215 Å². The van der Waals surface area contributed by atoms with Crippen molar-refractivity contribution in [3.8, 4) is 11.1 Å². The van der Waals surface area contributed by atoms with Crippen LogP contribution in [0.4, 0.5) is 4.39 Å². The molecule has 0 bridgehead atoms. The second kappa shape index (κ2) is 10.4. The van der Waals surface area contributed by atoms with Crippen molar-refractivity contribution in [3.63, 3.8) is 0 Å². The van der Waals surface area contributed by atoms with Crippen LogP contribution in [0.3, 0.4) is 0 Å². The fraction of sp³-hybridized carbons (Fsp3) is 0.296. The molecule has 0 spiro atoms. The number of carbonyl (C=O) groups excluding carboxylic acids is 1. The molecule has 37 heavy (non-hydrogen) atoms. The number of pyridine rings is 1. The summed E-state index contributed by atoms with van der Waals surface area (Å²) in [5.41, 5.74) is 6.58. The SMILES string of the molecule is CC1(C)OC(C[C@@H](CCO)c2ccccc2F)=NS(=O)(=O)[C@H]1c1ccc(-c2ccnc(C(N)=O)c2)cc1. The molecule has 0 saturated carbocycles. The van der Waals surface area contributed by atoms with Crippen molar-refractivity contribution >= 4 is 21.8 Å². The van der Waals surface area contributed by atoms with Crippen LogP contribution in [0, 0.1) is 5.82 Å². The number of primary amides is 1. The Bertz CT molecular complexity index is 1440. The van der Waals surface area contributed by atoms with Gasteiger partial charge in [-0.25, -0.2) is 12.8 Å². The maximum Gasteiger partial charge on any atom is 0.267 e. The van der Waals surface area contributed by atoms with Gasteiger partial charge in [-0.1, -0.05) is 42.5 Å². The summed E-state index contributed by atoms with van der Waals surface area (Å²) in [7, 11) is -4.05. The topological polar surface area (TPSA) is 132 Å². The minimum atomic E-state index is -4.05. The third kappa shape index (κ3) is 5.70. The molecule has 1 aliphatic rings. The average Bonchev–Trinajstić information content (AvgIpc) is 2.83. The summed E-state index contributed by atoms with van der Waals surface area (Å²) in [6.07, 6.45) is 1.73. The summed E-state index contributed by atoms with van der Waals surface area (Å²) in [5.74, 6) is -1.60. The van der Waals surface area contributed by atoms with E-state index in [-0.39, 0.29) is 31.0 Å². The van der Waals surface area contributed by atoms with Crippen LogP contribution in [0.15, 0.2) is 71.3 Å². The molecule has 1 aliphatic heterocycles. The van der Waals surface area contributed by atoms with Crippen LogP contribution in [0.5, 0.6) is 0 Å². The molecule has 0 radical (unpaired) electrons. The van der Waals surface area contributed by atoms with E-state index in [1.54, 1.807) is 68.4 Å². The highest BCUT2D eigenvalue weighted by Gasteiger charge is 2.47. The number of sulfonamides is 1. The van der Waals surface area contributed by atoms with E-state index < -0.39 is 38.5 Å². The number of nitrogens with zero attached hydrogens (tertiary/aromatic N) is 2. The molecule has 1 amide bonds. The van der Waals surface area contributed by atoms with E-state index in [9.17, 15) is 22.7 Å². The van der Waals surface area contributed by atoms with E-state index in [0.717, 1.165) is 5.56 Å². The maximum atomic E-state index is 14.4. The van der Waals surface area contributed by atoms with Crippen molar-refractivity contribution in [1.82, 2.24) is 4.98 Å².